The van der Waals surface area contributed by atoms with Gasteiger partial charge in [-0.3, -0.25) is 9.59 Å². The SMILES string of the molecule is NC(=O)C(=O)N1CCC(Oc2ccccc2OCc2ccccc2)CC1. The lowest BCUT2D eigenvalue weighted by Gasteiger charge is -2.31. The molecular weight excluding hydrogens is 332 g/mol. The highest BCUT2D eigenvalue weighted by Gasteiger charge is 2.26. The minimum absolute atomic E-state index is 0.0339. The number of hydrogen-bond donors (Lipinski definition) is 1. The predicted octanol–water partition coefficient (Wildman–Crippen LogP) is 2.12. The van der Waals surface area contributed by atoms with Crippen LogP contribution in [0.3, 0.4) is 0 Å². The fourth-order valence-electron chi connectivity index (χ4n) is 2.91. The van der Waals surface area contributed by atoms with Crippen molar-refractivity contribution in [2.45, 2.75) is 25.6 Å². The van der Waals surface area contributed by atoms with E-state index in [2.05, 4.69) is 0 Å². The number of amides is 2. The van der Waals surface area contributed by atoms with Gasteiger partial charge in [0.2, 0.25) is 0 Å². The van der Waals surface area contributed by atoms with Gasteiger partial charge in [0.25, 0.3) is 0 Å². The van der Waals surface area contributed by atoms with E-state index >= 15 is 0 Å². The van der Waals surface area contributed by atoms with E-state index in [1.54, 1.807) is 0 Å². The number of nitrogens with two attached hydrogens (primary N) is 1. The van der Waals surface area contributed by atoms with Crippen molar-refractivity contribution in [2.75, 3.05) is 13.1 Å². The molecule has 0 aliphatic carbocycles. The van der Waals surface area contributed by atoms with Gasteiger partial charge in [0.05, 0.1) is 0 Å². The van der Waals surface area contributed by atoms with Crippen molar-refractivity contribution in [3.8, 4) is 11.5 Å². The first-order valence-electron chi connectivity index (χ1n) is 8.64. The van der Waals surface area contributed by atoms with Crippen molar-refractivity contribution in [1.82, 2.24) is 4.90 Å². The highest BCUT2D eigenvalue weighted by Crippen LogP contribution is 2.30. The summed E-state index contributed by atoms with van der Waals surface area (Å²) in [5.74, 6) is -0.172. The summed E-state index contributed by atoms with van der Waals surface area (Å²) < 4.78 is 12.0. The summed E-state index contributed by atoms with van der Waals surface area (Å²) in [4.78, 5) is 24.1. The molecule has 0 atom stereocenters. The molecule has 2 aromatic carbocycles. The summed E-state index contributed by atoms with van der Waals surface area (Å²) in [6.45, 7) is 1.38. The van der Waals surface area contributed by atoms with Gasteiger partial charge in [0.1, 0.15) is 12.7 Å². The van der Waals surface area contributed by atoms with E-state index in [0.717, 1.165) is 5.56 Å². The Morgan fingerprint density at radius 2 is 1.58 bits per heavy atom. The first-order valence-corrected chi connectivity index (χ1v) is 8.64. The van der Waals surface area contributed by atoms with Crippen LogP contribution in [0.25, 0.3) is 0 Å². The maximum Gasteiger partial charge on any atom is 0.311 e. The molecule has 1 saturated heterocycles. The average Bonchev–Trinajstić information content (AvgIpc) is 2.68. The van der Waals surface area contributed by atoms with Gasteiger partial charge in [-0.05, 0) is 17.7 Å². The fraction of sp³-hybridized carbons (Fsp3) is 0.300. The largest absolute Gasteiger partial charge is 0.486 e. The number of ether oxygens (including phenoxy) is 2. The normalized spacial score (nSPS) is 14.7. The molecule has 0 unspecified atom stereocenters. The van der Waals surface area contributed by atoms with E-state index in [1.165, 1.54) is 4.90 Å². The minimum Gasteiger partial charge on any atom is -0.486 e. The Balaban J connectivity index is 1.57. The molecule has 1 heterocycles. The lowest BCUT2D eigenvalue weighted by atomic mass is 10.1. The zero-order valence-electron chi connectivity index (χ0n) is 14.5. The highest BCUT2D eigenvalue weighted by molar-refractivity contribution is 6.34. The molecule has 3 rings (SSSR count). The predicted molar refractivity (Wildman–Crippen MR) is 96.6 cm³/mol. The van der Waals surface area contributed by atoms with Crippen LogP contribution in [0.15, 0.2) is 54.6 Å². The molecule has 2 aromatic rings. The summed E-state index contributed by atoms with van der Waals surface area (Å²) in [6, 6.07) is 17.5. The molecule has 26 heavy (non-hydrogen) atoms. The average molecular weight is 354 g/mol. The Morgan fingerprint density at radius 3 is 2.23 bits per heavy atom. The van der Waals surface area contributed by atoms with Crippen molar-refractivity contribution >= 4 is 11.8 Å². The third-order valence-electron chi connectivity index (χ3n) is 4.32. The standard InChI is InChI=1S/C20H22N2O4/c21-19(23)20(24)22-12-10-16(11-13-22)26-18-9-5-4-8-17(18)25-14-15-6-2-1-3-7-15/h1-9,16H,10-14H2,(H2,21,23). The maximum atomic E-state index is 11.6. The number of carbonyl (C=O) groups is 2. The molecule has 136 valence electrons. The smallest absolute Gasteiger partial charge is 0.311 e. The van der Waals surface area contributed by atoms with Crippen molar-refractivity contribution in [3.63, 3.8) is 0 Å². The van der Waals surface area contributed by atoms with E-state index in [1.807, 2.05) is 54.6 Å². The van der Waals surface area contributed by atoms with Gasteiger partial charge in [-0.1, -0.05) is 42.5 Å². The zero-order chi connectivity index (χ0) is 18.4. The van der Waals surface area contributed by atoms with Gasteiger partial charge in [0, 0.05) is 25.9 Å². The van der Waals surface area contributed by atoms with Gasteiger partial charge in [-0.15, -0.1) is 0 Å². The van der Waals surface area contributed by atoms with Gasteiger partial charge in [-0.25, -0.2) is 0 Å². The Hall–Kier alpha value is -3.02. The Kier molecular flexibility index (Phi) is 5.73. The molecule has 0 radical (unpaired) electrons. The molecule has 0 bridgehead atoms. The van der Waals surface area contributed by atoms with Crippen molar-refractivity contribution in [3.05, 3.63) is 60.2 Å². The molecular formula is C20H22N2O4. The number of benzene rings is 2. The lowest BCUT2D eigenvalue weighted by Crippen LogP contribution is -2.46. The van der Waals surface area contributed by atoms with E-state index in [-0.39, 0.29) is 6.10 Å². The molecule has 0 aromatic heterocycles. The van der Waals surface area contributed by atoms with Crippen LogP contribution in [-0.4, -0.2) is 35.9 Å². The lowest BCUT2D eigenvalue weighted by molar-refractivity contribution is -0.145. The second-order valence-corrected chi connectivity index (χ2v) is 6.19. The van der Waals surface area contributed by atoms with E-state index in [9.17, 15) is 9.59 Å². The highest BCUT2D eigenvalue weighted by atomic mass is 16.5. The molecule has 2 amide bonds. The zero-order valence-corrected chi connectivity index (χ0v) is 14.5. The first-order chi connectivity index (χ1) is 12.6. The van der Waals surface area contributed by atoms with Gasteiger partial charge < -0.3 is 20.1 Å². The van der Waals surface area contributed by atoms with Crippen LogP contribution in [0.4, 0.5) is 0 Å². The van der Waals surface area contributed by atoms with E-state index < -0.39 is 11.8 Å². The molecule has 6 heteroatoms. The Bertz CT molecular complexity index is 755. The molecule has 0 spiro atoms. The Labute approximate surface area is 152 Å². The molecule has 6 nitrogen and oxygen atoms in total. The molecule has 1 fully saturated rings. The topological polar surface area (TPSA) is 81.9 Å². The number of rotatable bonds is 5. The second-order valence-electron chi connectivity index (χ2n) is 6.19. The number of likely N-dealkylation sites (tertiary alicyclic amines) is 1. The molecule has 1 aliphatic heterocycles. The first kappa shape index (κ1) is 17.8. The summed E-state index contributed by atoms with van der Waals surface area (Å²) in [6.07, 6.45) is 1.26. The van der Waals surface area contributed by atoms with E-state index in [4.69, 9.17) is 15.2 Å². The fourth-order valence-corrected chi connectivity index (χ4v) is 2.91. The quantitative estimate of drug-likeness (QED) is 0.834. The van der Waals surface area contributed by atoms with Crippen molar-refractivity contribution < 1.29 is 19.1 Å². The summed E-state index contributed by atoms with van der Waals surface area (Å²) >= 11 is 0. The molecule has 1 aliphatic rings. The summed E-state index contributed by atoms with van der Waals surface area (Å²) in [7, 11) is 0. The maximum absolute atomic E-state index is 11.6. The molecule has 2 N–H and O–H groups in total. The van der Waals surface area contributed by atoms with Gasteiger partial charge in [-0.2, -0.15) is 0 Å². The monoisotopic (exact) mass is 354 g/mol. The number of nitrogens with zero attached hydrogens (tertiary/aromatic N) is 1. The summed E-state index contributed by atoms with van der Waals surface area (Å²) in [5, 5.41) is 0. The third-order valence-corrected chi connectivity index (χ3v) is 4.32. The number of carbonyl (C=O) groups excluding carboxylic acids is 2. The van der Waals surface area contributed by atoms with Crippen LogP contribution in [-0.2, 0) is 16.2 Å². The van der Waals surface area contributed by atoms with Crippen LogP contribution in [0.2, 0.25) is 0 Å². The van der Waals surface area contributed by atoms with Crippen molar-refractivity contribution in [2.24, 2.45) is 5.73 Å². The van der Waals surface area contributed by atoms with Gasteiger partial charge >= 0.3 is 11.8 Å². The van der Waals surface area contributed by atoms with Crippen LogP contribution in [0, 0.1) is 0 Å². The number of primary amides is 1. The number of piperidine rings is 1. The second kappa shape index (κ2) is 8.38. The number of hydrogen-bond acceptors (Lipinski definition) is 4. The van der Waals surface area contributed by atoms with Crippen LogP contribution < -0.4 is 15.2 Å². The van der Waals surface area contributed by atoms with Crippen LogP contribution in [0.1, 0.15) is 18.4 Å². The van der Waals surface area contributed by atoms with Crippen molar-refractivity contribution in [1.29, 1.82) is 0 Å². The number of para-hydroxylation sites is 2. The van der Waals surface area contributed by atoms with Crippen LogP contribution in [0.5, 0.6) is 11.5 Å². The minimum atomic E-state index is -0.913. The Morgan fingerprint density at radius 1 is 0.962 bits per heavy atom. The van der Waals surface area contributed by atoms with Crippen LogP contribution >= 0.6 is 0 Å². The molecule has 0 saturated carbocycles. The van der Waals surface area contributed by atoms with E-state index in [0.29, 0.717) is 44.0 Å². The van der Waals surface area contributed by atoms with Gasteiger partial charge in [0.15, 0.2) is 11.5 Å². The summed E-state index contributed by atoms with van der Waals surface area (Å²) in [5.41, 5.74) is 6.13. The third kappa shape index (κ3) is 4.53.